The monoisotopic (exact) mass is 292 g/mol. The topological polar surface area (TPSA) is 72.6 Å². The number of ether oxygens (including phenoxy) is 1. The molecule has 0 radical (unpaired) electrons. The average molecular weight is 292 g/mol. The predicted octanol–water partition coefficient (Wildman–Crippen LogP) is 1.85. The summed E-state index contributed by atoms with van der Waals surface area (Å²) >= 11 is 0. The van der Waals surface area contributed by atoms with E-state index in [2.05, 4.69) is 0 Å². The molecule has 0 spiro atoms. The molecule has 0 saturated carbocycles. The number of ketones is 1. The molecule has 0 saturated heterocycles. The zero-order chi connectivity index (χ0) is 16.0. The summed E-state index contributed by atoms with van der Waals surface area (Å²) in [6.07, 6.45) is -1.14. The number of amides is 1. The summed E-state index contributed by atoms with van der Waals surface area (Å²) < 4.78 is 5.16. The van der Waals surface area contributed by atoms with Gasteiger partial charge in [-0.3, -0.25) is 4.79 Å². The van der Waals surface area contributed by atoms with Crippen molar-refractivity contribution in [3.63, 3.8) is 0 Å². The first-order chi connectivity index (χ1) is 9.73. The maximum atomic E-state index is 12.6. The Labute approximate surface area is 126 Å². The molecule has 0 aromatic heterocycles. The minimum atomic E-state index is -0.859. The first-order valence-corrected chi connectivity index (χ1v) is 6.91. The lowest BCUT2D eigenvalue weighted by atomic mass is 9.79. The van der Waals surface area contributed by atoms with Gasteiger partial charge in [0.05, 0.1) is 5.41 Å². The van der Waals surface area contributed by atoms with Gasteiger partial charge in [0.25, 0.3) is 0 Å². The van der Waals surface area contributed by atoms with Crippen molar-refractivity contribution in [2.75, 3.05) is 20.6 Å². The van der Waals surface area contributed by atoms with E-state index in [4.69, 9.17) is 10.5 Å². The summed E-state index contributed by atoms with van der Waals surface area (Å²) in [5.41, 5.74) is 5.26. The molecule has 1 rings (SSSR count). The van der Waals surface area contributed by atoms with Crippen molar-refractivity contribution in [3.05, 3.63) is 35.9 Å². The van der Waals surface area contributed by atoms with Gasteiger partial charge in [-0.1, -0.05) is 30.3 Å². The minimum absolute atomic E-state index is 0.0156. The maximum absolute atomic E-state index is 12.6. The molecule has 0 aliphatic carbocycles. The smallest absolute Gasteiger partial charge is 0.404 e. The first-order valence-electron chi connectivity index (χ1n) is 6.91. The van der Waals surface area contributed by atoms with E-state index in [-0.39, 0.29) is 5.78 Å². The van der Waals surface area contributed by atoms with Gasteiger partial charge >= 0.3 is 6.09 Å². The highest BCUT2D eigenvalue weighted by molar-refractivity contribution is 5.87. The summed E-state index contributed by atoms with van der Waals surface area (Å²) in [5.74, 6) is 0.0156. The Hall–Kier alpha value is -1.88. The lowest BCUT2D eigenvalue weighted by molar-refractivity contribution is -0.132. The summed E-state index contributed by atoms with van der Waals surface area (Å²) in [5, 5.41) is 0. The van der Waals surface area contributed by atoms with Crippen LogP contribution in [0.5, 0.6) is 0 Å². The maximum Gasteiger partial charge on any atom is 0.404 e. The van der Waals surface area contributed by atoms with Gasteiger partial charge in [0.1, 0.15) is 11.9 Å². The lowest BCUT2D eigenvalue weighted by Gasteiger charge is -2.33. The van der Waals surface area contributed by atoms with Crippen molar-refractivity contribution in [3.8, 4) is 0 Å². The Morgan fingerprint density at radius 1 is 1.24 bits per heavy atom. The lowest BCUT2D eigenvalue weighted by Crippen LogP contribution is -2.47. The van der Waals surface area contributed by atoms with Crippen LogP contribution < -0.4 is 5.73 Å². The molecule has 21 heavy (non-hydrogen) atoms. The summed E-state index contributed by atoms with van der Waals surface area (Å²) in [6, 6.07) is 9.51. The number of likely N-dealkylation sites (N-methyl/N-ethyl adjacent to an activating group) is 1. The Kier molecular flexibility index (Phi) is 5.90. The second kappa shape index (κ2) is 7.22. The number of primary amides is 1. The quantitative estimate of drug-likeness (QED) is 0.832. The molecule has 0 bridgehead atoms. The molecule has 0 fully saturated rings. The van der Waals surface area contributed by atoms with Crippen molar-refractivity contribution < 1.29 is 14.3 Å². The number of hydrogen-bond donors (Lipinski definition) is 1. The second-order valence-corrected chi connectivity index (χ2v) is 6.00. The fraction of sp³-hybridized carbons (Fsp3) is 0.500. The number of carbonyl (C=O) groups is 2. The summed E-state index contributed by atoms with van der Waals surface area (Å²) in [7, 11) is 3.71. The first kappa shape index (κ1) is 17.2. The highest BCUT2D eigenvalue weighted by Gasteiger charge is 2.39. The number of Topliss-reactive ketones (excluding diaryl/α,β-unsaturated/α-hetero) is 1. The predicted molar refractivity (Wildman–Crippen MR) is 81.9 cm³/mol. The van der Waals surface area contributed by atoms with E-state index in [0.29, 0.717) is 13.0 Å². The second-order valence-electron chi connectivity index (χ2n) is 6.00. The summed E-state index contributed by atoms with van der Waals surface area (Å²) in [4.78, 5) is 25.5. The normalized spacial score (nSPS) is 13.0. The van der Waals surface area contributed by atoms with Crippen LogP contribution in [0.2, 0.25) is 0 Å². The van der Waals surface area contributed by atoms with E-state index in [1.807, 2.05) is 49.3 Å². The molecular weight excluding hydrogens is 268 g/mol. The van der Waals surface area contributed by atoms with E-state index in [9.17, 15) is 9.59 Å². The van der Waals surface area contributed by atoms with Gasteiger partial charge in [-0.15, -0.1) is 0 Å². The molecule has 2 N–H and O–H groups in total. The van der Waals surface area contributed by atoms with E-state index in [1.54, 1.807) is 13.8 Å². The largest absolute Gasteiger partial charge is 0.444 e. The van der Waals surface area contributed by atoms with Crippen molar-refractivity contribution in [2.24, 2.45) is 11.1 Å². The van der Waals surface area contributed by atoms with Crippen molar-refractivity contribution >= 4 is 11.9 Å². The van der Waals surface area contributed by atoms with Crippen LogP contribution in [0.25, 0.3) is 0 Å². The molecule has 0 aliphatic heterocycles. The molecule has 0 aliphatic rings. The van der Waals surface area contributed by atoms with E-state index in [1.165, 1.54) is 0 Å². The fourth-order valence-electron chi connectivity index (χ4n) is 2.07. The molecule has 1 aromatic carbocycles. The third kappa shape index (κ3) is 5.19. The van der Waals surface area contributed by atoms with E-state index < -0.39 is 17.6 Å². The molecule has 1 amide bonds. The molecule has 1 atom stereocenters. The van der Waals surface area contributed by atoms with Crippen LogP contribution in [0.1, 0.15) is 19.4 Å². The van der Waals surface area contributed by atoms with Crippen LogP contribution in [0.3, 0.4) is 0 Å². The average Bonchev–Trinajstić information content (AvgIpc) is 2.38. The van der Waals surface area contributed by atoms with Crippen LogP contribution in [-0.2, 0) is 16.0 Å². The number of hydrogen-bond acceptors (Lipinski definition) is 4. The Balaban J connectivity index is 2.87. The zero-order valence-corrected chi connectivity index (χ0v) is 13.1. The minimum Gasteiger partial charge on any atom is -0.444 e. The molecule has 0 unspecified atom stereocenters. The molecule has 0 heterocycles. The van der Waals surface area contributed by atoms with Crippen LogP contribution in [-0.4, -0.2) is 43.5 Å². The summed E-state index contributed by atoms with van der Waals surface area (Å²) in [6.45, 7) is 4.02. The number of rotatable bonds is 7. The van der Waals surface area contributed by atoms with Gasteiger partial charge in [0, 0.05) is 13.0 Å². The van der Waals surface area contributed by atoms with Crippen molar-refractivity contribution in [1.29, 1.82) is 0 Å². The molecule has 1 aromatic rings. The van der Waals surface area contributed by atoms with Gasteiger partial charge < -0.3 is 15.4 Å². The highest BCUT2D eigenvalue weighted by Crippen LogP contribution is 2.27. The Morgan fingerprint density at radius 2 is 1.81 bits per heavy atom. The highest BCUT2D eigenvalue weighted by atomic mass is 16.6. The van der Waals surface area contributed by atoms with Gasteiger partial charge in [-0.25, -0.2) is 4.79 Å². The van der Waals surface area contributed by atoms with Gasteiger partial charge in [-0.05, 0) is 33.5 Å². The van der Waals surface area contributed by atoms with Crippen molar-refractivity contribution in [1.82, 2.24) is 4.90 Å². The number of benzene rings is 1. The standard InChI is InChI=1S/C16H24N2O3/c1-16(2,14(11-18(3)4)21-15(17)20)13(19)10-12-8-6-5-7-9-12/h5-9,14H,10-11H2,1-4H3,(H2,17,20)/t14-/m1/s1. The van der Waals surface area contributed by atoms with Crippen LogP contribution in [0.15, 0.2) is 30.3 Å². The number of nitrogens with zero attached hydrogens (tertiary/aromatic N) is 1. The third-order valence-electron chi connectivity index (χ3n) is 3.52. The van der Waals surface area contributed by atoms with Gasteiger partial charge in [-0.2, -0.15) is 0 Å². The Bertz CT molecular complexity index is 484. The molecule has 5 heteroatoms. The zero-order valence-electron chi connectivity index (χ0n) is 13.1. The van der Waals surface area contributed by atoms with Crippen LogP contribution in [0, 0.1) is 5.41 Å². The fourth-order valence-corrected chi connectivity index (χ4v) is 2.07. The van der Waals surface area contributed by atoms with Gasteiger partial charge in [0.15, 0.2) is 0 Å². The van der Waals surface area contributed by atoms with Crippen molar-refractivity contribution in [2.45, 2.75) is 26.4 Å². The molecule has 5 nitrogen and oxygen atoms in total. The number of carbonyl (C=O) groups excluding carboxylic acids is 2. The van der Waals surface area contributed by atoms with Crippen LogP contribution in [0.4, 0.5) is 4.79 Å². The molecular formula is C16H24N2O3. The SMILES string of the molecule is CN(C)C[C@@H](OC(N)=O)C(C)(C)C(=O)Cc1ccccc1. The Morgan fingerprint density at radius 3 is 2.29 bits per heavy atom. The number of nitrogens with two attached hydrogens (primary N) is 1. The van der Waals surface area contributed by atoms with Gasteiger partial charge in [0.2, 0.25) is 0 Å². The van der Waals surface area contributed by atoms with E-state index >= 15 is 0 Å². The third-order valence-corrected chi connectivity index (χ3v) is 3.52. The molecule has 116 valence electrons. The van der Waals surface area contributed by atoms with E-state index in [0.717, 1.165) is 5.56 Å². The van der Waals surface area contributed by atoms with Crippen LogP contribution >= 0.6 is 0 Å².